The summed E-state index contributed by atoms with van der Waals surface area (Å²) in [5.74, 6) is 0. The number of anilines is 2. The standard InChI is InChI=1S/C23H22N4O3/c1-24-15-21-23(12-6-3-7-13-23)30-22-25(16-17-8-4-2-5-9-17)19-11-10-18(27(28)29)14-20(19)26(21)22/h2,4-5,8-11,14-15,22H,3,6-7,12-13,16H2/b21-15-. The molecule has 1 spiro atoms. The molecule has 7 nitrogen and oxygen atoms in total. The Balaban J connectivity index is 1.63. The third kappa shape index (κ3) is 2.84. The van der Waals surface area contributed by atoms with Crippen molar-refractivity contribution in [2.75, 3.05) is 9.80 Å². The number of nitro groups is 1. The van der Waals surface area contributed by atoms with E-state index in [-0.39, 0.29) is 10.6 Å². The van der Waals surface area contributed by atoms with E-state index in [0.717, 1.165) is 54.7 Å². The van der Waals surface area contributed by atoms with Gasteiger partial charge in [-0.05, 0) is 24.5 Å². The molecule has 0 amide bonds. The lowest BCUT2D eigenvalue weighted by Crippen LogP contribution is -2.40. The lowest BCUT2D eigenvalue weighted by Gasteiger charge is -2.35. The van der Waals surface area contributed by atoms with Gasteiger partial charge in [-0.1, -0.05) is 49.6 Å². The van der Waals surface area contributed by atoms with Crippen molar-refractivity contribution in [2.24, 2.45) is 0 Å². The largest absolute Gasteiger partial charge is 0.328 e. The van der Waals surface area contributed by atoms with E-state index in [1.807, 2.05) is 23.1 Å². The molecule has 30 heavy (non-hydrogen) atoms. The van der Waals surface area contributed by atoms with Crippen molar-refractivity contribution in [1.82, 2.24) is 0 Å². The summed E-state index contributed by atoms with van der Waals surface area (Å²) in [6.45, 7) is 8.11. The number of hydrogen-bond acceptors (Lipinski definition) is 5. The van der Waals surface area contributed by atoms with Crippen molar-refractivity contribution in [3.8, 4) is 0 Å². The van der Waals surface area contributed by atoms with Gasteiger partial charge in [0.2, 0.25) is 6.35 Å². The third-order valence-corrected chi connectivity index (χ3v) is 6.33. The molecule has 2 aliphatic heterocycles. The normalized spacial score (nSPS) is 22.8. The Hall–Kier alpha value is -3.37. The highest BCUT2D eigenvalue weighted by Crippen LogP contribution is 2.55. The van der Waals surface area contributed by atoms with Crippen molar-refractivity contribution >= 4 is 17.1 Å². The molecule has 152 valence electrons. The van der Waals surface area contributed by atoms with Crippen LogP contribution in [-0.2, 0) is 11.3 Å². The van der Waals surface area contributed by atoms with Crippen LogP contribution < -0.4 is 9.80 Å². The fourth-order valence-corrected chi connectivity index (χ4v) is 4.97. The monoisotopic (exact) mass is 402 g/mol. The number of nitrogens with zero attached hydrogens (tertiary/aromatic N) is 4. The zero-order valence-electron chi connectivity index (χ0n) is 16.5. The Morgan fingerprint density at radius 2 is 1.93 bits per heavy atom. The second-order valence-electron chi connectivity index (χ2n) is 8.06. The first-order valence-corrected chi connectivity index (χ1v) is 10.3. The molecule has 7 heteroatoms. The van der Waals surface area contributed by atoms with Crippen LogP contribution in [0.5, 0.6) is 0 Å². The van der Waals surface area contributed by atoms with Crippen LogP contribution in [0, 0.1) is 16.7 Å². The highest BCUT2D eigenvalue weighted by Gasteiger charge is 2.55. The van der Waals surface area contributed by atoms with Crippen molar-refractivity contribution in [3.63, 3.8) is 0 Å². The van der Waals surface area contributed by atoms with E-state index in [1.54, 1.807) is 18.3 Å². The van der Waals surface area contributed by atoms with Gasteiger partial charge < -0.3 is 14.5 Å². The van der Waals surface area contributed by atoms with E-state index in [1.165, 1.54) is 6.07 Å². The average Bonchev–Trinajstić information content (AvgIpc) is 3.21. The molecule has 0 bridgehead atoms. The molecule has 0 N–H and O–H groups in total. The molecule has 0 radical (unpaired) electrons. The van der Waals surface area contributed by atoms with Crippen molar-refractivity contribution < 1.29 is 9.66 Å². The van der Waals surface area contributed by atoms with E-state index < -0.39 is 12.0 Å². The average molecular weight is 402 g/mol. The number of rotatable bonds is 3. The first-order chi connectivity index (χ1) is 14.6. The number of hydrogen-bond donors (Lipinski definition) is 0. The zero-order chi connectivity index (χ0) is 20.7. The van der Waals surface area contributed by atoms with Gasteiger partial charge in [0.15, 0.2) is 6.20 Å². The molecule has 0 aromatic heterocycles. The minimum Gasteiger partial charge on any atom is -0.328 e. The Morgan fingerprint density at radius 1 is 1.17 bits per heavy atom. The minimum atomic E-state index is -0.495. The Morgan fingerprint density at radius 3 is 2.63 bits per heavy atom. The van der Waals surface area contributed by atoms with Crippen LogP contribution in [0.1, 0.15) is 37.7 Å². The number of ether oxygens (including phenoxy) is 1. The molecule has 1 saturated heterocycles. The van der Waals surface area contributed by atoms with Crippen LogP contribution in [0.3, 0.4) is 0 Å². The van der Waals surface area contributed by atoms with Gasteiger partial charge in [0, 0.05) is 18.7 Å². The summed E-state index contributed by atoms with van der Waals surface area (Å²) in [5.41, 5.74) is 3.14. The summed E-state index contributed by atoms with van der Waals surface area (Å²) in [6.07, 6.45) is 6.15. The van der Waals surface area contributed by atoms with Crippen LogP contribution in [0.4, 0.5) is 17.1 Å². The molecule has 1 unspecified atom stereocenters. The highest BCUT2D eigenvalue weighted by molar-refractivity contribution is 5.83. The topological polar surface area (TPSA) is 63.2 Å². The SMILES string of the molecule is [C-]#[N+]/C=C1\N2c3cc([N+](=O)[O-])ccc3N(Cc3ccccc3)C2OC12CCCCC2. The second-order valence-corrected chi connectivity index (χ2v) is 8.06. The summed E-state index contributed by atoms with van der Waals surface area (Å²) < 4.78 is 6.72. The van der Waals surface area contributed by atoms with E-state index in [0.29, 0.717) is 6.54 Å². The highest BCUT2D eigenvalue weighted by atomic mass is 16.6. The fourth-order valence-electron chi connectivity index (χ4n) is 4.97. The minimum absolute atomic E-state index is 0.0424. The molecule has 5 rings (SSSR count). The maximum absolute atomic E-state index is 11.4. The summed E-state index contributed by atoms with van der Waals surface area (Å²) in [7, 11) is 0. The van der Waals surface area contributed by atoms with Crippen LogP contribution in [0.2, 0.25) is 0 Å². The van der Waals surface area contributed by atoms with Gasteiger partial charge in [0.25, 0.3) is 5.69 Å². The van der Waals surface area contributed by atoms with Gasteiger partial charge in [-0.2, -0.15) is 0 Å². The Labute approximate surface area is 175 Å². The van der Waals surface area contributed by atoms with Crippen molar-refractivity contribution in [1.29, 1.82) is 0 Å². The Kier molecular flexibility index (Phi) is 4.44. The molecule has 2 heterocycles. The molecule has 2 aromatic rings. The number of non-ortho nitro benzene ring substituents is 1. The predicted molar refractivity (Wildman–Crippen MR) is 114 cm³/mol. The summed E-state index contributed by atoms with van der Waals surface area (Å²) in [5, 5.41) is 11.4. The molecule has 2 aromatic carbocycles. The summed E-state index contributed by atoms with van der Waals surface area (Å²) >= 11 is 0. The van der Waals surface area contributed by atoms with E-state index >= 15 is 0 Å². The number of benzene rings is 2. The molecular formula is C23H22N4O3. The van der Waals surface area contributed by atoms with E-state index in [4.69, 9.17) is 11.3 Å². The third-order valence-electron chi connectivity index (χ3n) is 6.33. The zero-order valence-corrected chi connectivity index (χ0v) is 16.5. The molecule has 2 fully saturated rings. The number of fused-ring (bicyclic) bond motifs is 3. The van der Waals surface area contributed by atoms with Crippen LogP contribution in [-0.4, -0.2) is 16.9 Å². The van der Waals surface area contributed by atoms with Crippen molar-refractivity contribution in [2.45, 2.75) is 50.6 Å². The molecule has 3 aliphatic rings. The molecular weight excluding hydrogens is 380 g/mol. The number of nitro benzene ring substituents is 1. The summed E-state index contributed by atoms with van der Waals surface area (Å²) in [4.78, 5) is 18.8. The van der Waals surface area contributed by atoms with Crippen LogP contribution in [0.15, 0.2) is 60.4 Å². The summed E-state index contributed by atoms with van der Waals surface area (Å²) in [6, 6.07) is 15.1. The van der Waals surface area contributed by atoms with Crippen LogP contribution in [0.25, 0.3) is 4.85 Å². The first-order valence-electron chi connectivity index (χ1n) is 10.3. The maximum atomic E-state index is 11.4. The first kappa shape index (κ1) is 18.6. The van der Waals surface area contributed by atoms with Crippen molar-refractivity contribution in [3.05, 3.63) is 87.5 Å². The quantitative estimate of drug-likeness (QED) is 0.401. The fraction of sp³-hybridized carbons (Fsp3) is 0.348. The maximum Gasteiger partial charge on any atom is 0.271 e. The smallest absolute Gasteiger partial charge is 0.271 e. The van der Waals surface area contributed by atoms with Gasteiger partial charge in [-0.15, -0.1) is 0 Å². The Bertz CT molecular complexity index is 1050. The predicted octanol–water partition coefficient (Wildman–Crippen LogP) is 5.20. The van der Waals surface area contributed by atoms with Gasteiger partial charge in [-0.3, -0.25) is 10.1 Å². The van der Waals surface area contributed by atoms with E-state index in [2.05, 4.69) is 21.9 Å². The van der Waals surface area contributed by atoms with Gasteiger partial charge in [-0.25, -0.2) is 4.85 Å². The molecule has 1 atom stereocenters. The van der Waals surface area contributed by atoms with Gasteiger partial charge in [0.05, 0.1) is 28.6 Å². The lowest BCUT2D eigenvalue weighted by molar-refractivity contribution is -0.384. The second kappa shape index (κ2) is 7.15. The van der Waals surface area contributed by atoms with Gasteiger partial charge in [0.1, 0.15) is 5.60 Å². The van der Waals surface area contributed by atoms with Gasteiger partial charge >= 0.3 is 0 Å². The lowest BCUT2D eigenvalue weighted by atomic mass is 9.82. The van der Waals surface area contributed by atoms with Crippen LogP contribution >= 0.6 is 0 Å². The van der Waals surface area contributed by atoms with E-state index in [9.17, 15) is 10.1 Å². The molecule has 1 saturated carbocycles. The molecule has 1 aliphatic carbocycles.